The monoisotopic (exact) mass is 261 g/mol. The summed E-state index contributed by atoms with van der Waals surface area (Å²) in [5, 5.41) is 4.43. The van der Waals surface area contributed by atoms with Gasteiger partial charge < -0.3 is 4.90 Å². The molecule has 2 aliphatic rings. The number of fused-ring (bicyclic) bond motifs is 1. The van der Waals surface area contributed by atoms with E-state index < -0.39 is 0 Å². The van der Waals surface area contributed by atoms with Crippen molar-refractivity contribution >= 4 is 5.78 Å². The van der Waals surface area contributed by atoms with Gasteiger partial charge in [-0.1, -0.05) is 0 Å². The van der Waals surface area contributed by atoms with Gasteiger partial charge in [-0.05, 0) is 58.7 Å². The zero-order valence-corrected chi connectivity index (χ0v) is 12.1. The number of nitrogens with zero attached hydrogens (tertiary/aromatic N) is 3. The Hall–Kier alpha value is -1.16. The fourth-order valence-electron chi connectivity index (χ4n) is 3.56. The molecule has 2 heterocycles. The third kappa shape index (κ3) is 2.12. The molecule has 1 saturated heterocycles. The van der Waals surface area contributed by atoms with Gasteiger partial charge in [0.05, 0.1) is 6.20 Å². The highest BCUT2D eigenvalue weighted by Crippen LogP contribution is 2.43. The Morgan fingerprint density at radius 3 is 2.58 bits per heavy atom. The second-order valence-corrected chi connectivity index (χ2v) is 6.64. The summed E-state index contributed by atoms with van der Waals surface area (Å²) >= 11 is 0. The average molecular weight is 261 g/mol. The van der Waals surface area contributed by atoms with E-state index >= 15 is 0 Å². The fraction of sp³-hybridized carbons (Fsp3) is 0.733. The number of carbonyl (C=O) groups excluding carboxylic acids is 1. The van der Waals surface area contributed by atoms with Gasteiger partial charge in [-0.25, -0.2) is 0 Å². The summed E-state index contributed by atoms with van der Waals surface area (Å²) < 4.78 is 1.90. The lowest BCUT2D eigenvalue weighted by Gasteiger charge is -2.42. The maximum Gasteiger partial charge on any atom is 0.181 e. The fourth-order valence-corrected chi connectivity index (χ4v) is 3.56. The highest BCUT2D eigenvalue weighted by atomic mass is 16.1. The molecule has 0 radical (unpaired) electrons. The second-order valence-electron chi connectivity index (χ2n) is 6.64. The number of Topliss-reactive ketones (excluding diaryl/α,β-unsaturated/α-hetero) is 1. The van der Waals surface area contributed by atoms with E-state index in [1.807, 2.05) is 10.9 Å². The Balaban J connectivity index is 1.91. The van der Waals surface area contributed by atoms with E-state index in [0.29, 0.717) is 12.2 Å². The molecule has 1 aromatic heterocycles. The summed E-state index contributed by atoms with van der Waals surface area (Å²) in [6, 6.07) is 0.263. The molecule has 3 rings (SSSR count). The summed E-state index contributed by atoms with van der Waals surface area (Å²) in [5.41, 5.74) is 2.26. The second kappa shape index (κ2) is 4.44. The molecular weight excluding hydrogens is 238 g/mol. The first-order chi connectivity index (χ1) is 9.01. The lowest BCUT2D eigenvalue weighted by atomic mass is 9.67. The number of hydrogen-bond acceptors (Lipinski definition) is 3. The van der Waals surface area contributed by atoms with Crippen LogP contribution in [0, 0.1) is 5.41 Å². The van der Waals surface area contributed by atoms with Gasteiger partial charge in [-0.15, -0.1) is 0 Å². The number of carbonyl (C=O) groups is 1. The predicted molar refractivity (Wildman–Crippen MR) is 74.4 cm³/mol. The van der Waals surface area contributed by atoms with Gasteiger partial charge in [-0.3, -0.25) is 9.48 Å². The van der Waals surface area contributed by atoms with Crippen molar-refractivity contribution in [3.8, 4) is 0 Å². The van der Waals surface area contributed by atoms with Crippen LogP contribution in [0.2, 0.25) is 0 Å². The first kappa shape index (κ1) is 12.9. The van der Waals surface area contributed by atoms with E-state index in [9.17, 15) is 4.79 Å². The minimum Gasteiger partial charge on any atom is -0.306 e. The first-order valence-corrected chi connectivity index (χ1v) is 7.29. The Labute approximate surface area is 114 Å². The van der Waals surface area contributed by atoms with Gasteiger partial charge in [0.2, 0.25) is 0 Å². The molecule has 1 aliphatic heterocycles. The lowest BCUT2D eigenvalue weighted by Crippen LogP contribution is -2.43. The number of rotatable bonds is 1. The highest BCUT2D eigenvalue weighted by molar-refractivity contribution is 5.97. The van der Waals surface area contributed by atoms with Crippen molar-refractivity contribution in [1.29, 1.82) is 0 Å². The molecule has 0 bridgehead atoms. The van der Waals surface area contributed by atoms with Gasteiger partial charge in [0.25, 0.3) is 0 Å². The van der Waals surface area contributed by atoms with E-state index in [1.54, 1.807) is 0 Å². The van der Waals surface area contributed by atoms with Crippen LogP contribution in [0.25, 0.3) is 0 Å². The number of piperidine rings is 1. The van der Waals surface area contributed by atoms with E-state index in [4.69, 9.17) is 0 Å². The standard InChI is InChI=1S/C15H23N3O/c1-11(2)18-14-12(10-16-18)8-15(9-13(14)19)4-6-17(3)7-5-15/h10-11H,4-9H2,1-3H3. The molecule has 0 amide bonds. The smallest absolute Gasteiger partial charge is 0.181 e. The zero-order chi connectivity index (χ0) is 13.6. The van der Waals surface area contributed by atoms with Crippen LogP contribution < -0.4 is 0 Å². The molecule has 1 aromatic rings. The Morgan fingerprint density at radius 1 is 1.26 bits per heavy atom. The molecule has 0 saturated carbocycles. The van der Waals surface area contributed by atoms with Crippen LogP contribution >= 0.6 is 0 Å². The molecule has 0 unspecified atom stereocenters. The Bertz CT molecular complexity index is 495. The molecule has 104 valence electrons. The van der Waals surface area contributed by atoms with Crippen molar-refractivity contribution in [3.63, 3.8) is 0 Å². The van der Waals surface area contributed by atoms with Crippen molar-refractivity contribution in [2.24, 2.45) is 5.41 Å². The van der Waals surface area contributed by atoms with Gasteiger partial charge in [0.1, 0.15) is 5.69 Å². The summed E-state index contributed by atoms with van der Waals surface area (Å²) in [4.78, 5) is 14.9. The molecule has 0 aromatic carbocycles. The van der Waals surface area contributed by atoms with Crippen LogP contribution in [0.3, 0.4) is 0 Å². The van der Waals surface area contributed by atoms with Crippen molar-refractivity contribution in [3.05, 3.63) is 17.5 Å². The Morgan fingerprint density at radius 2 is 1.95 bits per heavy atom. The summed E-state index contributed by atoms with van der Waals surface area (Å²) in [6.07, 6.45) is 5.95. The van der Waals surface area contributed by atoms with E-state index in [1.165, 1.54) is 5.56 Å². The average Bonchev–Trinajstić information content (AvgIpc) is 2.77. The van der Waals surface area contributed by atoms with E-state index in [0.717, 1.165) is 38.0 Å². The molecule has 1 aliphatic carbocycles. The third-order valence-corrected chi connectivity index (χ3v) is 4.77. The van der Waals surface area contributed by atoms with Crippen LogP contribution in [0.5, 0.6) is 0 Å². The number of aromatic nitrogens is 2. The van der Waals surface area contributed by atoms with Crippen LogP contribution in [0.4, 0.5) is 0 Å². The van der Waals surface area contributed by atoms with Crippen LogP contribution in [0.15, 0.2) is 6.20 Å². The molecular formula is C15H23N3O. The summed E-state index contributed by atoms with van der Waals surface area (Å²) in [5.74, 6) is 0.303. The maximum absolute atomic E-state index is 12.6. The SMILES string of the molecule is CC(C)n1ncc2c1C(=O)CC1(CCN(C)CC1)C2. The van der Waals surface area contributed by atoms with Crippen LogP contribution in [-0.4, -0.2) is 40.6 Å². The normalized spacial score (nSPS) is 23.1. The summed E-state index contributed by atoms with van der Waals surface area (Å²) in [7, 11) is 2.17. The molecule has 4 nitrogen and oxygen atoms in total. The molecule has 1 spiro atoms. The lowest BCUT2D eigenvalue weighted by molar-refractivity contribution is 0.0716. The van der Waals surface area contributed by atoms with E-state index in [-0.39, 0.29) is 11.5 Å². The molecule has 4 heteroatoms. The molecule has 0 N–H and O–H groups in total. The Kier molecular flexibility index (Phi) is 3.01. The van der Waals surface area contributed by atoms with E-state index in [2.05, 4.69) is 30.9 Å². The zero-order valence-electron chi connectivity index (χ0n) is 12.1. The number of hydrogen-bond donors (Lipinski definition) is 0. The molecule has 19 heavy (non-hydrogen) atoms. The van der Waals surface area contributed by atoms with Crippen LogP contribution in [-0.2, 0) is 6.42 Å². The topological polar surface area (TPSA) is 38.1 Å². The van der Waals surface area contributed by atoms with Crippen molar-refractivity contribution in [2.75, 3.05) is 20.1 Å². The maximum atomic E-state index is 12.6. The van der Waals surface area contributed by atoms with Crippen molar-refractivity contribution in [2.45, 2.75) is 45.6 Å². The highest BCUT2D eigenvalue weighted by Gasteiger charge is 2.42. The van der Waals surface area contributed by atoms with Crippen molar-refractivity contribution < 1.29 is 4.79 Å². The minimum absolute atomic E-state index is 0.210. The number of ketones is 1. The van der Waals surface area contributed by atoms with Crippen LogP contribution in [0.1, 0.15) is 55.2 Å². The molecule has 1 fully saturated rings. The molecule has 0 atom stereocenters. The predicted octanol–water partition coefficient (Wildman–Crippen LogP) is 2.30. The third-order valence-electron chi connectivity index (χ3n) is 4.77. The first-order valence-electron chi connectivity index (χ1n) is 7.29. The van der Waals surface area contributed by atoms with Gasteiger partial charge in [-0.2, -0.15) is 5.10 Å². The van der Waals surface area contributed by atoms with Gasteiger partial charge >= 0.3 is 0 Å². The van der Waals surface area contributed by atoms with Gasteiger partial charge in [0.15, 0.2) is 5.78 Å². The quantitative estimate of drug-likeness (QED) is 0.778. The van der Waals surface area contributed by atoms with Gasteiger partial charge in [0, 0.05) is 18.0 Å². The minimum atomic E-state index is 0.210. The van der Waals surface area contributed by atoms with Crippen molar-refractivity contribution in [1.82, 2.24) is 14.7 Å². The number of likely N-dealkylation sites (tertiary alicyclic amines) is 1. The largest absolute Gasteiger partial charge is 0.306 e. The summed E-state index contributed by atoms with van der Waals surface area (Å²) in [6.45, 7) is 6.39.